The van der Waals surface area contributed by atoms with Gasteiger partial charge in [0.2, 0.25) is 0 Å². The number of aliphatic imine (C=N–C) groups is 1. The molecule has 2 rings (SSSR count). The number of nitrogens with two attached hydrogens (primary N) is 1. The molecule has 0 saturated carbocycles. The fourth-order valence-corrected chi connectivity index (χ4v) is 1.90. The van der Waals surface area contributed by atoms with E-state index < -0.39 is 5.41 Å². The number of hydrogen-bond donors (Lipinski definition) is 1. The predicted molar refractivity (Wildman–Crippen MR) is 65.6 cm³/mol. The molecule has 1 heterocycles. The van der Waals surface area contributed by atoms with Gasteiger partial charge in [0.25, 0.3) is 0 Å². The second kappa shape index (κ2) is 3.64. The van der Waals surface area contributed by atoms with Crippen molar-refractivity contribution in [1.82, 2.24) is 0 Å². The van der Waals surface area contributed by atoms with Gasteiger partial charge in [0.15, 0.2) is 0 Å². The van der Waals surface area contributed by atoms with Crippen LogP contribution in [-0.2, 0) is 6.42 Å². The average molecular weight is 213 g/mol. The zero-order valence-electron chi connectivity index (χ0n) is 9.57. The second-order valence-electron chi connectivity index (χ2n) is 4.77. The van der Waals surface area contributed by atoms with Crippen LogP contribution in [0.15, 0.2) is 23.2 Å². The van der Waals surface area contributed by atoms with Gasteiger partial charge in [-0.1, -0.05) is 6.07 Å². The highest BCUT2D eigenvalue weighted by atomic mass is 14.8. The molecule has 1 aliphatic rings. The molecule has 1 aromatic carbocycles. The summed E-state index contributed by atoms with van der Waals surface area (Å²) in [6.07, 6.45) is 2.68. The summed E-state index contributed by atoms with van der Waals surface area (Å²) in [6.45, 7) is 3.88. The first-order valence-corrected chi connectivity index (χ1v) is 5.37. The van der Waals surface area contributed by atoms with Crippen LogP contribution in [0.3, 0.4) is 0 Å². The zero-order valence-corrected chi connectivity index (χ0v) is 9.57. The molecule has 16 heavy (non-hydrogen) atoms. The molecule has 1 aliphatic heterocycles. The van der Waals surface area contributed by atoms with Crippen LogP contribution in [0.4, 0.5) is 11.4 Å². The maximum absolute atomic E-state index is 9.12. The highest BCUT2D eigenvalue weighted by molar-refractivity contribution is 5.75. The molecule has 0 bridgehead atoms. The van der Waals surface area contributed by atoms with E-state index in [0.29, 0.717) is 0 Å². The normalized spacial score (nSPS) is 18.9. The molecular formula is C13H15N3. The molecule has 2 N–H and O–H groups in total. The third-order valence-electron chi connectivity index (χ3n) is 3.22. The first-order chi connectivity index (χ1) is 7.54. The van der Waals surface area contributed by atoms with Crippen LogP contribution in [-0.4, -0.2) is 6.21 Å². The predicted octanol–water partition coefficient (Wildman–Crippen LogP) is 2.69. The number of rotatable bonds is 1. The Labute approximate surface area is 95.6 Å². The fraction of sp³-hybridized carbons (Fsp3) is 0.385. The maximum atomic E-state index is 9.12. The number of benzene rings is 1. The molecule has 0 spiro atoms. The first-order valence-electron chi connectivity index (χ1n) is 5.37. The van der Waals surface area contributed by atoms with Crippen LogP contribution in [0.2, 0.25) is 0 Å². The minimum Gasteiger partial charge on any atom is -0.398 e. The van der Waals surface area contributed by atoms with E-state index in [9.17, 15) is 0 Å². The molecule has 0 amide bonds. The van der Waals surface area contributed by atoms with Gasteiger partial charge in [0, 0.05) is 23.4 Å². The minimum atomic E-state index is -0.399. The van der Waals surface area contributed by atoms with Crippen LogP contribution in [0.5, 0.6) is 0 Å². The van der Waals surface area contributed by atoms with E-state index in [-0.39, 0.29) is 5.92 Å². The number of hydrogen-bond acceptors (Lipinski definition) is 3. The summed E-state index contributed by atoms with van der Waals surface area (Å²) in [6, 6.07) is 8.07. The fourth-order valence-electron chi connectivity index (χ4n) is 1.90. The Morgan fingerprint density at radius 3 is 2.94 bits per heavy atom. The molecule has 0 fully saturated rings. The number of fused-ring (bicyclic) bond motifs is 1. The van der Waals surface area contributed by atoms with Crippen molar-refractivity contribution in [1.29, 1.82) is 5.26 Å². The Kier molecular flexibility index (Phi) is 2.43. The molecule has 1 aromatic rings. The van der Waals surface area contributed by atoms with Crippen LogP contribution < -0.4 is 5.73 Å². The third kappa shape index (κ3) is 1.67. The molecule has 3 nitrogen and oxygen atoms in total. The molecular weight excluding hydrogens is 198 g/mol. The van der Waals surface area contributed by atoms with Gasteiger partial charge in [0.05, 0.1) is 17.2 Å². The quantitative estimate of drug-likeness (QED) is 0.729. The van der Waals surface area contributed by atoms with Crippen molar-refractivity contribution in [2.24, 2.45) is 16.3 Å². The molecule has 1 unspecified atom stereocenters. The highest BCUT2D eigenvalue weighted by Gasteiger charge is 2.31. The van der Waals surface area contributed by atoms with Crippen molar-refractivity contribution >= 4 is 17.6 Å². The third-order valence-corrected chi connectivity index (χ3v) is 3.22. The van der Waals surface area contributed by atoms with Gasteiger partial charge in [0.1, 0.15) is 0 Å². The van der Waals surface area contributed by atoms with Crippen molar-refractivity contribution in [2.45, 2.75) is 20.3 Å². The minimum absolute atomic E-state index is 0.134. The lowest BCUT2D eigenvalue weighted by Crippen LogP contribution is -2.27. The summed E-state index contributed by atoms with van der Waals surface area (Å²) in [5.74, 6) is 0.134. The molecule has 0 aliphatic carbocycles. The summed E-state index contributed by atoms with van der Waals surface area (Å²) < 4.78 is 0. The van der Waals surface area contributed by atoms with Gasteiger partial charge < -0.3 is 5.73 Å². The smallest absolute Gasteiger partial charge is 0.0690 e. The van der Waals surface area contributed by atoms with Gasteiger partial charge in [-0.2, -0.15) is 5.26 Å². The van der Waals surface area contributed by atoms with E-state index in [1.54, 1.807) is 0 Å². The van der Waals surface area contributed by atoms with Crippen molar-refractivity contribution in [3.63, 3.8) is 0 Å². The lowest BCUT2D eigenvalue weighted by atomic mass is 9.76. The maximum Gasteiger partial charge on any atom is 0.0690 e. The summed E-state index contributed by atoms with van der Waals surface area (Å²) in [4.78, 5) is 4.39. The summed E-state index contributed by atoms with van der Waals surface area (Å²) in [5, 5.41) is 9.12. The number of nitriles is 1. The standard InChI is InChI=1S/C13H15N3/c1-13(2,8-14)9-6-10-11(15)4-3-5-12(10)16-7-9/h3-5,7,9H,6,15H2,1-2H3. The van der Waals surface area contributed by atoms with Crippen molar-refractivity contribution in [3.8, 4) is 6.07 Å². The lowest BCUT2D eigenvalue weighted by Gasteiger charge is -2.28. The largest absolute Gasteiger partial charge is 0.398 e. The Balaban J connectivity index is 2.39. The van der Waals surface area contributed by atoms with Crippen LogP contribution in [0.1, 0.15) is 19.4 Å². The van der Waals surface area contributed by atoms with Crippen LogP contribution in [0.25, 0.3) is 0 Å². The van der Waals surface area contributed by atoms with E-state index in [4.69, 9.17) is 11.0 Å². The molecule has 0 aromatic heterocycles. The number of nitrogens with zero attached hydrogens (tertiary/aromatic N) is 2. The van der Waals surface area contributed by atoms with E-state index in [1.807, 2.05) is 38.3 Å². The highest BCUT2D eigenvalue weighted by Crippen LogP contribution is 2.37. The summed E-state index contributed by atoms with van der Waals surface area (Å²) >= 11 is 0. The van der Waals surface area contributed by atoms with Crippen LogP contribution in [0, 0.1) is 22.7 Å². The van der Waals surface area contributed by atoms with E-state index in [2.05, 4.69) is 11.1 Å². The molecule has 0 saturated heterocycles. The Hall–Kier alpha value is -1.82. The second-order valence-corrected chi connectivity index (χ2v) is 4.77. The Morgan fingerprint density at radius 1 is 1.50 bits per heavy atom. The van der Waals surface area contributed by atoms with Gasteiger partial charge in [-0.15, -0.1) is 0 Å². The molecule has 0 radical (unpaired) electrons. The Morgan fingerprint density at radius 2 is 2.25 bits per heavy atom. The lowest BCUT2D eigenvalue weighted by molar-refractivity contribution is 0.379. The summed E-state index contributed by atoms with van der Waals surface area (Å²) in [5.41, 5.74) is 8.31. The van der Waals surface area contributed by atoms with Crippen LogP contribution >= 0.6 is 0 Å². The van der Waals surface area contributed by atoms with Gasteiger partial charge >= 0.3 is 0 Å². The van der Waals surface area contributed by atoms with Gasteiger partial charge in [-0.3, -0.25) is 4.99 Å². The van der Waals surface area contributed by atoms with E-state index in [0.717, 1.165) is 23.4 Å². The van der Waals surface area contributed by atoms with Crippen molar-refractivity contribution < 1.29 is 0 Å². The zero-order chi connectivity index (χ0) is 11.8. The SMILES string of the molecule is CC(C)(C#N)C1C=Nc2cccc(N)c2C1. The van der Waals surface area contributed by atoms with Gasteiger partial charge in [-0.05, 0) is 32.4 Å². The van der Waals surface area contributed by atoms with E-state index >= 15 is 0 Å². The topological polar surface area (TPSA) is 62.2 Å². The Bertz CT molecular complexity index is 480. The molecule has 3 heteroatoms. The van der Waals surface area contributed by atoms with Crippen molar-refractivity contribution in [3.05, 3.63) is 23.8 Å². The first kappa shape index (κ1) is 10.7. The summed E-state index contributed by atoms with van der Waals surface area (Å²) in [7, 11) is 0. The van der Waals surface area contributed by atoms with E-state index in [1.165, 1.54) is 0 Å². The van der Waals surface area contributed by atoms with Gasteiger partial charge in [-0.25, -0.2) is 0 Å². The average Bonchev–Trinajstić information content (AvgIpc) is 2.29. The number of anilines is 1. The number of nitrogen functional groups attached to an aromatic ring is 1. The monoisotopic (exact) mass is 213 g/mol. The molecule has 82 valence electrons. The molecule has 1 atom stereocenters. The van der Waals surface area contributed by atoms with Crippen molar-refractivity contribution in [2.75, 3.05) is 5.73 Å².